The lowest BCUT2D eigenvalue weighted by atomic mass is 10.1. The highest BCUT2D eigenvalue weighted by molar-refractivity contribution is 7.94. The molecule has 33 heavy (non-hydrogen) atoms. The van der Waals surface area contributed by atoms with E-state index in [9.17, 15) is 16.8 Å². The Kier molecular flexibility index (Phi) is 6.69. The predicted molar refractivity (Wildman–Crippen MR) is 134 cm³/mol. The molecule has 0 saturated heterocycles. The molecule has 0 fully saturated rings. The molecule has 0 aliphatic heterocycles. The fourth-order valence-electron chi connectivity index (χ4n) is 3.00. The molecular formula is C22H16Cl2N2O4S3. The molecule has 0 aliphatic carbocycles. The third-order valence-corrected chi connectivity index (χ3v) is 9.41. The lowest BCUT2D eigenvalue weighted by molar-refractivity contribution is 0.599. The van der Waals surface area contributed by atoms with Gasteiger partial charge in [0.25, 0.3) is 20.0 Å². The molecule has 6 nitrogen and oxygen atoms in total. The Labute approximate surface area is 205 Å². The number of hydrogen-bond donors (Lipinski definition) is 2. The van der Waals surface area contributed by atoms with Crippen molar-refractivity contribution in [3.63, 3.8) is 0 Å². The maximum atomic E-state index is 13.2. The van der Waals surface area contributed by atoms with Crippen molar-refractivity contribution in [2.75, 3.05) is 9.44 Å². The standard InChI is InChI=1S/C22H16Cl2N2O4S3/c23-18-13-20(21(14-19(18)24)26-33(29,30)22-10-5-11-31-22)25-32(27,28)17-9-4-8-16(12-17)15-6-2-1-3-7-15/h1-14,25-26H. The molecular weight excluding hydrogens is 523 g/mol. The van der Waals surface area contributed by atoms with Gasteiger partial charge >= 0.3 is 0 Å². The van der Waals surface area contributed by atoms with E-state index >= 15 is 0 Å². The summed E-state index contributed by atoms with van der Waals surface area (Å²) in [7, 11) is -8.04. The highest BCUT2D eigenvalue weighted by Gasteiger charge is 2.22. The van der Waals surface area contributed by atoms with E-state index < -0.39 is 20.0 Å². The topological polar surface area (TPSA) is 92.3 Å². The molecule has 0 bridgehead atoms. The third kappa shape index (κ3) is 5.34. The number of sulfonamides is 2. The minimum atomic E-state index is -4.09. The van der Waals surface area contributed by atoms with Crippen molar-refractivity contribution < 1.29 is 16.8 Å². The average molecular weight is 539 g/mol. The second-order valence-electron chi connectivity index (χ2n) is 6.85. The van der Waals surface area contributed by atoms with Gasteiger partial charge in [0.05, 0.1) is 26.3 Å². The normalized spacial score (nSPS) is 11.8. The summed E-state index contributed by atoms with van der Waals surface area (Å²) in [4.78, 5) is 0.00184. The zero-order valence-corrected chi connectivity index (χ0v) is 20.7. The zero-order chi connectivity index (χ0) is 23.6. The van der Waals surface area contributed by atoms with Crippen molar-refractivity contribution in [3.05, 3.63) is 94.3 Å². The molecule has 4 rings (SSSR count). The summed E-state index contributed by atoms with van der Waals surface area (Å²) in [6.45, 7) is 0. The molecule has 0 atom stereocenters. The second-order valence-corrected chi connectivity index (χ2v) is 12.2. The van der Waals surface area contributed by atoms with Crippen LogP contribution in [0.25, 0.3) is 11.1 Å². The number of anilines is 2. The van der Waals surface area contributed by atoms with Gasteiger partial charge < -0.3 is 0 Å². The first kappa shape index (κ1) is 23.6. The van der Waals surface area contributed by atoms with E-state index in [4.69, 9.17) is 23.2 Å². The SMILES string of the molecule is O=S(=O)(Nc1cc(Cl)c(Cl)cc1NS(=O)(=O)c1cccs1)c1cccc(-c2ccccc2)c1. The van der Waals surface area contributed by atoms with E-state index in [1.165, 1.54) is 30.3 Å². The van der Waals surface area contributed by atoms with Crippen LogP contribution in [0.5, 0.6) is 0 Å². The third-order valence-electron chi connectivity index (χ3n) is 4.56. The number of nitrogens with one attached hydrogen (secondary N) is 2. The predicted octanol–water partition coefficient (Wildman–Crippen LogP) is 6.32. The van der Waals surface area contributed by atoms with E-state index in [1.54, 1.807) is 23.6 Å². The van der Waals surface area contributed by atoms with Gasteiger partial charge in [-0.3, -0.25) is 9.44 Å². The Morgan fingerprint density at radius 3 is 1.85 bits per heavy atom. The van der Waals surface area contributed by atoms with Gasteiger partial charge in [-0.25, -0.2) is 16.8 Å². The van der Waals surface area contributed by atoms with Crippen LogP contribution in [-0.2, 0) is 20.0 Å². The van der Waals surface area contributed by atoms with E-state index in [0.717, 1.165) is 16.9 Å². The first-order valence-electron chi connectivity index (χ1n) is 9.39. The van der Waals surface area contributed by atoms with E-state index in [-0.39, 0.29) is 30.5 Å². The first-order valence-corrected chi connectivity index (χ1v) is 14.0. The van der Waals surface area contributed by atoms with Crippen LogP contribution in [0, 0.1) is 0 Å². The quantitative estimate of drug-likeness (QED) is 0.287. The second kappa shape index (κ2) is 9.36. The largest absolute Gasteiger partial charge is 0.277 e. The maximum absolute atomic E-state index is 13.2. The van der Waals surface area contributed by atoms with Crippen LogP contribution in [0.2, 0.25) is 10.0 Å². The minimum Gasteiger partial charge on any atom is -0.277 e. The van der Waals surface area contributed by atoms with Gasteiger partial charge in [-0.05, 0) is 46.8 Å². The molecule has 2 N–H and O–H groups in total. The number of thiophene rings is 1. The molecule has 1 heterocycles. The van der Waals surface area contributed by atoms with Crippen LogP contribution in [0.1, 0.15) is 0 Å². The van der Waals surface area contributed by atoms with Crippen LogP contribution in [0.4, 0.5) is 11.4 Å². The molecule has 0 unspecified atom stereocenters. The fourth-order valence-corrected chi connectivity index (χ4v) is 6.51. The van der Waals surface area contributed by atoms with Crippen LogP contribution < -0.4 is 9.44 Å². The van der Waals surface area contributed by atoms with Gasteiger partial charge in [0.1, 0.15) is 4.21 Å². The first-order chi connectivity index (χ1) is 15.7. The van der Waals surface area contributed by atoms with Crippen LogP contribution in [0.15, 0.2) is 93.3 Å². The molecule has 4 aromatic rings. The lowest BCUT2D eigenvalue weighted by Gasteiger charge is -2.16. The van der Waals surface area contributed by atoms with Gasteiger partial charge in [0.2, 0.25) is 0 Å². The van der Waals surface area contributed by atoms with Crippen molar-refractivity contribution in [2.45, 2.75) is 9.10 Å². The molecule has 11 heteroatoms. The highest BCUT2D eigenvalue weighted by Crippen LogP contribution is 2.36. The van der Waals surface area contributed by atoms with Crippen LogP contribution >= 0.6 is 34.5 Å². The molecule has 1 aromatic heterocycles. The van der Waals surface area contributed by atoms with Crippen molar-refractivity contribution >= 4 is 66.0 Å². The maximum Gasteiger partial charge on any atom is 0.271 e. The minimum absolute atomic E-state index is 0.00184. The molecule has 0 saturated carbocycles. The van der Waals surface area contributed by atoms with E-state index in [0.29, 0.717) is 5.56 Å². The number of halogens is 2. The molecule has 0 radical (unpaired) electrons. The van der Waals surface area contributed by atoms with Crippen molar-refractivity contribution in [1.29, 1.82) is 0 Å². The summed E-state index contributed by atoms with van der Waals surface area (Å²) in [6.07, 6.45) is 0. The van der Waals surface area contributed by atoms with E-state index in [1.807, 2.05) is 30.3 Å². The van der Waals surface area contributed by atoms with Crippen LogP contribution in [0.3, 0.4) is 0 Å². The Morgan fingerprint density at radius 1 is 0.636 bits per heavy atom. The monoisotopic (exact) mass is 538 g/mol. The fraction of sp³-hybridized carbons (Fsp3) is 0. The molecule has 0 spiro atoms. The summed E-state index contributed by atoms with van der Waals surface area (Å²) in [6, 6.07) is 21.3. The molecule has 3 aromatic carbocycles. The van der Waals surface area contributed by atoms with Gasteiger partial charge in [0.15, 0.2) is 0 Å². The van der Waals surface area contributed by atoms with Crippen molar-refractivity contribution in [3.8, 4) is 11.1 Å². The average Bonchev–Trinajstić information content (AvgIpc) is 3.34. The van der Waals surface area contributed by atoms with Crippen molar-refractivity contribution in [2.24, 2.45) is 0 Å². The van der Waals surface area contributed by atoms with Gasteiger partial charge in [-0.15, -0.1) is 11.3 Å². The summed E-state index contributed by atoms with van der Waals surface area (Å²) in [5.74, 6) is 0. The zero-order valence-electron chi connectivity index (χ0n) is 16.7. The molecule has 0 aliphatic rings. The Hall–Kier alpha value is -2.56. The number of rotatable bonds is 7. The Bertz CT molecular complexity index is 1510. The van der Waals surface area contributed by atoms with E-state index in [2.05, 4.69) is 9.44 Å². The van der Waals surface area contributed by atoms with Crippen LogP contribution in [-0.4, -0.2) is 16.8 Å². The highest BCUT2D eigenvalue weighted by atomic mass is 35.5. The summed E-state index contributed by atoms with van der Waals surface area (Å²) < 4.78 is 56.6. The number of hydrogen-bond acceptors (Lipinski definition) is 5. The van der Waals surface area contributed by atoms with Crippen molar-refractivity contribution in [1.82, 2.24) is 0 Å². The summed E-state index contributed by atoms with van der Waals surface area (Å²) in [5, 5.41) is 1.74. The Balaban J connectivity index is 1.71. The summed E-state index contributed by atoms with van der Waals surface area (Å²) >= 11 is 13.2. The molecule has 170 valence electrons. The van der Waals surface area contributed by atoms with Gasteiger partial charge in [-0.1, -0.05) is 71.7 Å². The number of benzene rings is 3. The molecule has 0 amide bonds. The smallest absolute Gasteiger partial charge is 0.271 e. The lowest BCUT2D eigenvalue weighted by Crippen LogP contribution is -2.17. The Morgan fingerprint density at radius 2 is 1.24 bits per heavy atom. The van der Waals surface area contributed by atoms with Gasteiger partial charge in [0, 0.05) is 0 Å². The van der Waals surface area contributed by atoms with Gasteiger partial charge in [-0.2, -0.15) is 0 Å². The summed E-state index contributed by atoms with van der Waals surface area (Å²) in [5.41, 5.74) is 1.45.